The van der Waals surface area contributed by atoms with E-state index < -0.39 is 11.6 Å². The van der Waals surface area contributed by atoms with Crippen molar-refractivity contribution in [2.45, 2.75) is 65.3 Å². The highest BCUT2D eigenvalue weighted by atomic mass is 16.6. The number of carboxylic acids is 1. The maximum atomic E-state index is 12.3. The summed E-state index contributed by atoms with van der Waals surface area (Å²) in [5.74, 6) is -1.08. The van der Waals surface area contributed by atoms with Crippen LogP contribution in [0.4, 0.5) is 4.79 Å². The van der Waals surface area contributed by atoms with Crippen LogP contribution < -0.4 is 5.32 Å². The number of amides is 2. The molecule has 2 N–H and O–H groups in total. The third-order valence-corrected chi connectivity index (χ3v) is 4.00. The van der Waals surface area contributed by atoms with Crippen molar-refractivity contribution in [3.05, 3.63) is 34.9 Å². The molecule has 0 aliphatic carbocycles. The lowest BCUT2D eigenvalue weighted by Crippen LogP contribution is -2.33. The van der Waals surface area contributed by atoms with Crippen LogP contribution in [0.2, 0.25) is 0 Å². The van der Waals surface area contributed by atoms with Gasteiger partial charge in [-0.15, -0.1) is 0 Å². The summed E-state index contributed by atoms with van der Waals surface area (Å²) in [7, 11) is 0. The summed E-state index contributed by atoms with van der Waals surface area (Å²) in [5.41, 5.74) is 2.50. The molecule has 7 nitrogen and oxygen atoms in total. The molecule has 2 rings (SSSR count). The average Bonchev–Trinajstić information content (AvgIpc) is 2.95. The number of ether oxygens (including phenoxy) is 1. The van der Waals surface area contributed by atoms with Crippen molar-refractivity contribution in [1.29, 1.82) is 0 Å². The van der Waals surface area contributed by atoms with Crippen molar-refractivity contribution < 1.29 is 24.2 Å². The van der Waals surface area contributed by atoms with E-state index in [-0.39, 0.29) is 24.8 Å². The molecule has 0 bridgehead atoms. The summed E-state index contributed by atoms with van der Waals surface area (Å²) in [5, 5.41) is 11.4. The van der Waals surface area contributed by atoms with Gasteiger partial charge in [-0.2, -0.15) is 0 Å². The normalized spacial score (nSPS) is 13.3. The minimum atomic E-state index is -0.902. The molecule has 0 atom stereocenters. The van der Waals surface area contributed by atoms with E-state index in [1.807, 2.05) is 39.0 Å². The van der Waals surface area contributed by atoms with Gasteiger partial charge in [0.1, 0.15) is 5.60 Å². The summed E-state index contributed by atoms with van der Waals surface area (Å²) in [4.78, 5) is 36.2. The zero-order valence-corrected chi connectivity index (χ0v) is 15.5. The van der Waals surface area contributed by atoms with Crippen molar-refractivity contribution in [3.8, 4) is 0 Å². The van der Waals surface area contributed by atoms with Crippen LogP contribution in [0.3, 0.4) is 0 Å². The Bertz CT molecular complexity index is 694. The number of carboxylic acid groups (broad SMARTS) is 1. The molecule has 0 radical (unpaired) electrons. The smallest absolute Gasteiger partial charge is 0.410 e. The van der Waals surface area contributed by atoms with Crippen molar-refractivity contribution in [1.82, 2.24) is 10.2 Å². The molecule has 0 saturated carbocycles. The second-order valence-corrected chi connectivity index (χ2v) is 7.42. The maximum Gasteiger partial charge on any atom is 0.410 e. The van der Waals surface area contributed by atoms with E-state index >= 15 is 0 Å². The van der Waals surface area contributed by atoms with Gasteiger partial charge in [0, 0.05) is 25.9 Å². The van der Waals surface area contributed by atoms with Gasteiger partial charge in [0.25, 0.3) is 0 Å². The number of carbonyl (C=O) groups is 3. The average molecular weight is 362 g/mol. The number of carbonyl (C=O) groups excluding carboxylic acids is 2. The van der Waals surface area contributed by atoms with E-state index in [1.54, 1.807) is 4.90 Å². The fourth-order valence-electron chi connectivity index (χ4n) is 2.80. The molecule has 0 aromatic heterocycles. The Morgan fingerprint density at radius 3 is 2.58 bits per heavy atom. The molecular formula is C19H26N2O5. The van der Waals surface area contributed by atoms with Crippen molar-refractivity contribution >= 4 is 18.0 Å². The predicted octanol–water partition coefficient (Wildman–Crippen LogP) is 2.81. The first-order chi connectivity index (χ1) is 12.2. The quantitative estimate of drug-likeness (QED) is 0.811. The Labute approximate surface area is 153 Å². The van der Waals surface area contributed by atoms with Gasteiger partial charge in [0.15, 0.2) is 0 Å². The number of nitrogens with zero attached hydrogens (tertiary/aromatic N) is 1. The van der Waals surface area contributed by atoms with Crippen LogP contribution in [-0.4, -0.2) is 33.6 Å². The Hall–Kier alpha value is -2.57. The van der Waals surface area contributed by atoms with Crippen LogP contribution in [0.1, 0.15) is 56.7 Å². The second kappa shape index (κ2) is 8.21. The summed E-state index contributed by atoms with van der Waals surface area (Å²) in [6.45, 7) is 6.80. The number of benzene rings is 1. The number of fused-ring (bicyclic) bond motifs is 1. The summed E-state index contributed by atoms with van der Waals surface area (Å²) in [6.07, 6.45) is 0.141. The molecule has 2 amide bonds. The summed E-state index contributed by atoms with van der Waals surface area (Å²) < 4.78 is 5.42. The van der Waals surface area contributed by atoms with E-state index in [4.69, 9.17) is 9.84 Å². The number of rotatable bonds is 6. The molecule has 0 spiro atoms. The summed E-state index contributed by atoms with van der Waals surface area (Å²) >= 11 is 0. The molecule has 1 aliphatic heterocycles. The maximum absolute atomic E-state index is 12.3. The molecule has 0 fully saturated rings. The van der Waals surface area contributed by atoms with E-state index in [0.717, 1.165) is 16.7 Å². The first kappa shape index (κ1) is 19.8. The molecule has 26 heavy (non-hydrogen) atoms. The standard InChI is InChI=1S/C19H26N2O5/c1-19(2,3)26-18(25)21-11-14-7-4-6-13(15(14)12-21)10-20-16(22)8-5-9-17(23)24/h4,6-7H,5,8-12H2,1-3H3,(H,20,22)(H,23,24). The monoisotopic (exact) mass is 362 g/mol. The first-order valence-electron chi connectivity index (χ1n) is 8.72. The Morgan fingerprint density at radius 1 is 1.19 bits per heavy atom. The Morgan fingerprint density at radius 2 is 1.92 bits per heavy atom. The molecule has 142 valence electrons. The van der Waals surface area contributed by atoms with Gasteiger partial charge in [-0.3, -0.25) is 14.5 Å². The lowest BCUT2D eigenvalue weighted by Gasteiger charge is -2.24. The van der Waals surface area contributed by atoms with Crippen LogP contribution in [0, 0.1) is 0 Å². The third-order valence-electron chi connectivity index (χ3n) is 4.00. The van der Waals surface area contributed by atoms with Crippen LogP contribution in [-0.2, 0) is 34.0 Å². The third kappa shape index (κ3) is 5.75. The highest BCUT2D eigenvalue weighted by molar-refractivity contribution is 5.76. The van der Waals surface area contributed by atoms with E-state index in [2.05, 4.69) is 5.32 Å². The minimum absolute atomic E-state index is 0.0149. The zero-order valence-electron chi connectivity index (χ0n) is 15.5. The molecular weight excluding hydrogens is 336 g/mol. The topological polar surface area (TPSA) is 95.9 Å². The molecule has 1 aromatic rings. The highest BCUT2D eigenvalue weighted by Gasteiger charge is 2.28. The fraction of sp³-hybridized carbons (Fsp3) is 0.526. The van der Waals surface area contributed by atoms with Crippen LogP contribution >= 0.6 is 0 Å². The van der Waals surface area contributed by atoms with Crippen LogP contribution in [0.25, 0.3) is 0 Å². The number of hydrogen-bond donors (Lipinski definition) is 2. The minimum Gasteiger partial charge on any atom is -0.481 e. The SMILES string of the molecule is CC(C)(C)OC(=O)N1Cc2cccc(CNC(=O)CCCC(=O)O)c2C1. The van der Waals surface area contributed by atoms with Gasteiger partial charge in [-0.25, -0.2) is 4.79 Å². The van der Waals surface area contributed by atoms with Gasteiger partial charge >= 0.3 is 12.1 Å². The van der Waals surface area contributed by atoms with Crippen LogP contribution in [0.15, 0.2) is 18.2 Å². The Kier molecular flexibility index (Phi) is 6.23. The second-order valence-electron chi connectivity index (χ2n) is 7.42. The van der Waals surface area contributed by atoms with Gasteiger partial charge in [0.2, 0.25) is 5.91 Å². The van der Waals surface area contributed by atoms with Crippen LogP contribution in [0.5, 0.6) is 0 Å². The first-order valence-corrected chi connectivity index (χ1v) is 8.72. The van der Waals surface area contributed by atoms with Gasteiger partial charge < -0.3 is 15.2 Å². The van der Waals surface area contributed by atoms with E-state index in [1.165, 1.54) is 0 Å². The van der Waals surface area contributed by atoms with Gasteiger partial charge in [-0.1, -0.05) is 18.2 Å². The molecule has 7 heteroatoms. The van der Waals surface area contributed by atoms with Crippen molar-refractivity contribution in [2.75, 3.05) is 0 Å². The molecule has 1 aliphatic rings. The predicted molar refractivity (Wildman–Crippen MR) is 95.3 cm³/mol. The number of nitrogens with one attached hydrogen (secondary N) is 1. The molecule has 0 unspecified atom stereocenters. The lowest BCUT2D eigenvalue weighted by atomic mass is 10.0. The summed E-state index contributed by atoms with van der Waals surface area (Å²) in [6, 6.07) is 5.80. The largest absolute Gasteiger partial charge is 0.481 e. The van der Waals surface area contributed by atoms with Gasteiger partial charge in [0.05, 0.1) is 6.54 Å². The van der Waals surface area contributed by atoms with Crippen molar-refractivity contribution in [2.24, 2.45) is 0 Å². The number of aliphatic carboxylic acids is 1. The van der Waals surface area contributed by atoms with Crippen molar-refractivity contribution in [3.63, 3.8) is 0 Å². The Balaban J connectivity index is 1.93. The fourth-order valence-corrected chi connectivity index (χ4v) is 2.80. The number of hydrogen-bond acceptors (Lipinski definition) is 4. The van der Waals surface area contributed by atoms with Gasteiger partial charge in [-0.05, 0) is 43.9 Å². The molecule has 1 heterocycles. The molecule has 0 saturated heterocycles. The van der Waals surface area contributed by atoms with E-state index in [0.29, 0.717) is 26.1 Å². The highest BCUT2D eigenvalue weighted by Crippen LogP contribution is 2.27. The molecule has 1 aromatic carbocycles. The lowest BCUT2D eigenvalue weighted by molar-refractivity contribution is -0.137. The zero-order chi connectivity index (χ0) is 19.3. The van der Waals surface area contributed by atoms with E-state index in [9.17, 15) is 14.4 Å².